The number of rotatable bonds is 5. The lowest BCUT2D eigenvalue weighted by molar-refractivity contribution is 0.679. The number of nitrogens with zero attached hydrogens (tertiary/aromatic N) is 2. The zero-order valence-electron chi connectivity index (χ0n) is 9.61. The van der Waals surface area contributed by atoms with Gasteiger partial charge >= 0.3 is 0 Å². The number of nitriles is 1. The number of anilines is 1. The van der Waals surface area contributed by atoms with Gasteiger partial charge in [-0.15, -0.1) is 0 Å². The molecule has 0 spiro atoms. The van der Waals surface area contributed by atoms with Crippen molar-refractivity contribution in [1.29, 1.82) is 5.26 Å². The van der Waals surface area contributed by atoms with Crippen LogP contribution >= 0.6 is 11.5 Å². The summed E-state index contributed by atoms with van der Waals surface area (Å²) in [7, 11) is -0.763. The van der Waals surface area contributed by atoms with Crippen molar-refractivity contribution >= 4 is 27.3 Å². The highest BCUT2D eigenvalue weighted by Gasteiger charge is 2.12. The van der Waals surface area contributed by atoms with Crippen LogP contribution in [-0.4, -0.2) is 26.6 Å². The summed E-state index contributed by atoms with van der Waals surface area (Å²) >= 11 is 1.30. The Hall–Kier alpha value is -0.930. The van der Waals surface area contributed by atoms with Gasteiger partial charge in [0.25, 0.3) is 0 Å². The fraction of sp³-hybridized carbons (Fsp3) is 0.600. The Morgan fingerprint density at radius 1 is 1.69 bits per heavy atom. The maximum absolute atomic E-state index is 10.9. The second kappa shape index (κ2) is 5.97. The first kappa shape index (κ1) is 13.1. The van der Waals surface area contributed by atoms with Crippen molar-refractivity contribution in [3.63, 3.8) is 0 Å². The summed E-state index contributed by atoms with van der Waals surface area (Å²) in [6, 6.07) is 2.34. The second-order valence-electron chi connectivity index (χ2n) is 3.70. The monoisotopic (exact) mass is 257 g/mol. The molecule has 0 aliphatic carbocycles. The summed E-state index contributed by atoms with van der Waals surface area (Å²) in [6.45, 7) is 3.84. The van der Waals surface area contributed by atoms with Crippen molar-refractivity contribution in [2.75, 3.05) is 17.3 Å². The highest BCUT2D eigenvalue weighted by Crippen LogP contribution is 2.24. The number of nitrogens with one attached hydrogen (secondary N) is 1. The van der Waals surface area contributed by atoms with E-state index in [2.05, 4.69) is 15.8 Å². The average Bonchev–Trinajstić information content (AvgIpc) is 2.56. The quantitative estimate of drug-likeness (QED) is 0.875. The van der Waals surface area contributed by atoms with E-state index >= 15 is 0 Å². The van der Waals surface area contributed by atoms with Gasteiger partial charge in [0.15, 0.2) is 0 Å². The SMILES string of the molecule is Cc1nsc(NC(C)CCS(C)=O)c1C#N. The van der Waals surface area contributed by atoms with E-state index in [1.165, 1.54) is 11.5 Å². The maximum atomic E-state index is 10.9. The topological polar surface area (TPSA) is 65.8 Å². The molecule has 6 heteroatoms. The predicted octanol–water partition coefficient (Wildman–Crippen LogP) is 1.89. The van der Waals surface area contributed by atoms with E-state index in [0.29, 0.717) is 11.3 Å². The molecule has 2 unspecified atom stereocenters. The third-order valence-corrected chi connectivity index (χ3v) is 3.87. The van der Waals surface area contributed by atoms with Crippen molar-refractivity contribution in [2.45, 2.75) is 26.3 Å². The molecule has 0 bridgehead atoms. The van der Waals surface area contributed by atoms with Crippen LogP contribution in [0.5, 0.6) is 0 Å². The maximum Gasteiger partial charge on any atom is 0.127 e. The first-order valence-electron chi connectivity index (χ1n) is 4.97. The van der Waals surface area contributed by atoms with Gasteiger partial charge in [-0.2, -0.15) is 9.64 Å². The number of aromatic nitrogens is 1. The zero-order chi connectivity index (χ0) is 12.1. The van der Waals surface area contributed by atoms with E-state index in [1.807, 2.05) is 13.8 Å². The van der Waals surface area contributed by atoms with Crippen molar-refractivity contribution in [2.24, 2.45) is 0 Å². The van der Waals surface area contributed by atoms with Gasteiger partial charge in [-0.05, 0) is 31.8 Å². The van der Waals surface area contributed by atoms with Crippen molar-refractivity contribution in [3.05, 3.63) is 11.3 Å². The summed E-state index contributed by atoms with van der Waals surface area (Å²) in [5.74, 6) is 0.674. The fourth-order valence-corrected chi connectivity index (χ4v) is 2.78. The fourth-order valence-electron chi connectivity index (χ4n) is 1.24. The van der Waals surface area contributed by atoms with Crippen LogP contribution in [0.2, 0.25) is 0 Å². The zero-order valence-corrected chi connectivity index (χ0v) is 11.2. The van der Waals surface area contributed by atoms with Gasteiger partial charge in [-0.3, -0.25) is 4.21 Å². The Labute approximate surface area is 102 Å². The van der Waals surface area contributed by atoms with Crippen LogP contribution in [0.3, 0.4) is 0 Å². The molecule has 1 heterocycles. The largest absolute Gasteiger partial charge is 0.372 e. The normalized spacial score (nSPS) is 14.1. The van der Waals surface area contributed by atoms with Crippen LogP contribution in [0.15, 0.2) is 0 Å². The first-order valence-corrected chi connectivity index (χ1v) is 7.47. The lowest BCUT2D eigenvalue weighted by Crippen LogP contribution is -2.17. The van der Waals surface area contributed by atoms with Crippen LogP contribution in [0.4, 0.5) is 5.00 Å². The molecule has 0 amide bonds. The molecular weight excluding hydrogens is 242 g/mol. The third kappa shape index (κ3) is 3.58. The molecule has 0 aliphatic rings. The number of aryl methyl sites for hydroxylation is 1. The van der Waals surface area contributed by atoms with Crippen LogP contribution in [-0.2, 0) is 10.8 Å². The van der Waals surface area contributed by atoms with E-state index in [9.17, 15) is 4.21 Å². The lowest BCUT2D eigenvalue weighted by atomic mass is 10.2. The molecule has 88 valence electrons. The molecule has 0 saturated heterocycles. The molecule has 0 aliphatic heterocycles. The molecule has 2 atom stereocenters. The molecule has 0 aromatic carbocycles. The van der Waals surface area contributed by atoms with E-state index in [-0.39, 0.29) is 6.04 Å². The summed E-state index contributed by atoms with van der Waals surface area (Å²) in [4.78, 5) is 0. The van der Waals surface area contributed by atoms with E-state index in [0.717, 1.165) is 17.1 Å². The third-order valence-electron chi connectivity index (χ3n) is 2.19. The Morgan fingerprint density at radius 2 is 2.38 bits per heavy atom. The lowest BCUT2D eigenvalue weighted by Gasteiger charge is -2.12. The first-order chi connectivity index (χ1) is 7.54. The molecule has 1 aromatic heterocycles. The Bertz CT molecular complexity index is 422. The van der Waals surface area contributed by atoms with Gasteiger partial charge in [0.05, 0.1) is 5.69 Å². The molecule has 1 N–H and O–H groups in total. The van der Waals surface area contributed by atoms with Crippen LogP contribution in [0.1, 0.15) is 24.6 Å². The molecular formula is C10H15N3OS2. The Balaban J connectivity index is 2.59. The molecule has 16 heavy (non-hydrogen) atoms. The Morgan fingerprint density at radius 3 is 2.94 bits per heavy atom. The molecule has 1 aromatic rings. The van der Waals surface area contributed by atoms with Gasteiger partial charge in [-0.1, -0.05) is 0 Å². The minimum atomic E-state index is -0.763. The van der Waals surface area contributed by atoms with Crippen LogP contribution in [0, 0.1) is 18.3 Å². The van der Waals surface area contributed by atoms with Gasteiger partial charge < -0.3 is 5.32 Å². The highest BCUT2D eigenvalue weighted by atomic mass is 32.2. The highest BCUT2D eigenvalue weighted by molar-refractivity contribution is 7.84. The van der Waals surface area contributed by atoms with E-state index in [4.69, 9.17) is 5.26 Å². The minimum absolute atomic E-state index is 0.204. The van der Waals surface area contributed by atoms with E-state index in [1.54, 1.807) is 6.26 Å². The molecule has 0 saturated carbocycles. The van der Waals surface area contributed by atoms with Crippen LogP contribution in [0.25, 0.3) is 0 Å². The molecule has 0 fully saturated rings. The average molecular weight is 257 g/mol. The van der Waals surface area contributed by atoms with Crippen LogP contribution < -0.4 is 5.32 Å². The van der Waals surface area contributed by atoms with Gasteiger partial charge in [-0.25, -0.2) is 0 Å². The predicted molar refractivity (Wildman–Crippen MR) is 68.2 cm³/mol. The number of hydrogen-bond donors (Lipinski definition) is 1. The number of hydrogen-bond acceptors (Lipinski definition) is 5. The van der Waals surface area contributed by atoms with Gasteiger partial charge in [0.1, 0.15) is 16.6 Å². The van der Waals surface area contributed by atoms with Gasteiger partial charge in [0.2, 0.25) is 0 Å². The molecule has 1 rings (SSSR count). The summed E-state index contributed by atoms with van der Waals surface area (Å²) in [6.07, 6.45) is 2.52. The summed E-state index contributed by atoms with van der Waals surface area (Å²) in [5, 5.41) is 13.0. The minimum Gasteiger partial charge on any atom is -0.372 e. The smallest absolute Gasteiger partial charge is 0.127 e. The second-order valence-corrected chi connectivity index (χ2v) is 6.02. The Kier molecular flexibility index (Phi) is 4.90. The van der Waals surface area contributed by atoms with Crippen molar-refractivity contribution < 1.29 is 4.21 Å². The summed E-state index contributed by atoms with van der Waals surface area (Å²) < 4.78 is 15.1. The standard InChI is InChI=1S/C10H15N3OS2/c1-7(4-5-16(3)14)12-10-9(6-11)8(2)13-15-10/h7,12H,4-5H2,1-3H3. The van der Waals surface area contributed by atoms with Crippen molar-refractivity contribution in [3.8, 4) is 6.07 Å². The van der Waals surface area contributed by atoms with Gasteiger partial charge in [0, 0.05) is 28.9 Å². The van der Waals surface area contributed by atoms with Crippen molar-refractivity contribution in [1.82, 2.24) is 4.37 Å². The molecule has 4 nitrogen and oxygen atoms in total. The molecule has 0 radical (unpaired) electrons. The summed E-state index contributed by atoms with van der Waals surface area (Å²) in [5.41, 5.74) is 1.38. The van der Waals surface area contributed by atoms with E-state index < -0.39 is 10.8 Å².